The molecule has 0 bridgehead atoms. The average molecular weight is 591 g/mol. The molecule has 1 N–H and O–H groups in total. The van der Waals surface area contributed by atoms with E-state index < -0.39 is 18.2 Å². The predicted molar refractivity (Wildman–Crippen MR) is 158 cm³/mol. The molecule has 0 fully saturated rings. The van der Waals surface area contributed by atoms with Crippen molar-refractivity contribution >= 4 is 47.4 Å². The van der Waals surface area contributed by atoms with Crippen molar-refractivity contribution in [2.24, 2.45) is 5.10 Å². The van der Waals surface area contributed by atoms with Gasteiger partial charge in [-0.2, -0.15) is 5.10 Å². The largest absolute Gasteiger partial charge is 0.493 e. The Morgan fingerprint density at radius 3 is 1.98 bits per heavy atom. The second-order valence-electron chi connectivity index (χ2n) is 8.29. The molecular weight excluding hydrogens is 567 g/mol. The van der Waals surface area contributed by atoms with Gasteiger partial charge in [-0.25, -0.2) is 10.2 Å². The van der Waals surface area contributed by atoms with Gasteiger partial charge in [0.15, 0.2) is 11.5 Å². The van der Waals surface area contributed by atoms with E-state index in [1.54, 1.807) is 72.8 Å². The number of halogens is 2. The monoisotopic (exact) mass is 590 g/mol. The molecule has 0 spiro atoms. The van der Waals surface area contributed by atoms with Crippen molar-refractivity contribution in [2.75, 3.05) is 7.11 Å². The van der Waals surface area contributed by atoms with Crippen molar-refractivity contribution in [3.05, 3.63) is 124 Å². The molecule has 0 atom stereocenters. The average Bonchev–Trinajstić information content (AvgIpc) is 2.99. The molecule has 10 heteroatoms. The van der Waals surface area contributed by atoms with Gasteiger partial charge < -0.3 is 18.9 Å². The minimum Gasteiger partial charge on any atom is -0.493 e. The SMILES string of the molecule is COc1cc(/C=N\NC(=O)C(Oc2ccc(Cl)cc2)Oc2ccc(Cl)cc2)ccc1OC(=O)/C=C/c1ccccc1. The quantitative estimate of drug-likeness (QED) is 0.0531. The highest BCUT2D eigenvalue weighted by molar-refractivity contribution is 6.30. The number of hydrogen-bond donors (Lipinski definition) is 1. The molecule has 0 unspecified atom stereocenters. The third-order valence-electron chi connectivity index (χ3n) is 5.33. The zero-order valence-electron chi connectivity index (χ0n) is 21.7. The van der Waals surface area contributed by atoms with Gasteiger partial charge in [-0.15, -0.1) is 0 Å². The fraction of sp³-hybridized carbons (Fsp3) is 0.0645. The summed E-state index contributed by atoms with van der Waals surface area (Å²) in [5, 5.41) is 5.03. The van der Waals surface area contributed by atoms with E-state index in [4.69, 9.17) is 42.1 Å². The third-order valence-corrected chi connectivity index (χ3v) is 5.83. The lowest BCUT2D eigenvalue weighted by Crippen LogP contribution is -2.40. The molecule has 4 aromatic rings. The normalized spacial score (nSPS) is 11.0. The first kappa shape index (κ1) is 29.2. The van der Waals surface area contributed by atoms with Crippen molar-refractivity contribution in [2.45, 2.75) is 6.29 Å². The van der Waals surface area contributed by atoms with Crippen molar-refractivity contribution < 1.29 is 28.5 Å². The van der Waals surface area contributed by atoms with E-state index >= 15 is 0 Å². The van der Waals surface area contributed by atoms with E-state index in [1.807, 2.05) is 30.3 Å². The first-order chi connectivity index (χ1) is 19.9. The Morgan fingerprint density at radius 2 is 1.39 bits per heavy atom. The van der Waals surface area contributed by atoms with Crippen LogP contribution in [-0.4, -0.2) is 31.5 Å². The summed E-state index contributed by atoms with van der Waals surface area (Å²) in [5.74, 6) is 0.0185. The second-order valence-corrected chi connectivity index (χ2v) is 9.16. The number of carbonyl (C=O) groups is 2. The summed E-state index contributed by atoms with van der Waals surface area (Å²) in [5.41, 5.74) is 3.83. The van der Waals surface area contributed by atoms with Crippen LogP contribution in [0.2, 0.25) is 10.0 Å². The summed E-state index contributed by atoms with van der Waals surface area (Å²) in [4.78, 5) is 25.2. The van der Waals surface area contributed by atoms with Crippen LogP contribution in [0.5, 0.6) is 23.0 Å². The topological polar surface area (TPSA) is 95.5 Å². The summed E-state index contributed by atoms with van der Waals surface area (Å²) in [6.07, 6.45) is 2.99. The minimum atomic E-state index is -1.38. The number of hydrogen-bond acceptors (Lipinski definition) is 7. The maximum absolute atomic E-state index is 12.9. The summed E-state index contributed by atoms with van der Waals surface area (Å²) in [6, 6.07) is 27.1. The number of nitrogens with one attached hydrogen (secondary N) is 1. The molecule has 0 aromatic heterocycles. The zero-order valence-corrected chi connectivity index (χ0v) is 23.2. The maximum Gasteiger partial charge on any atom is 0.336 e. The van der Waals surface area contributed by atoms with E-state index in [1.165, 1.54) is 19.4 Å². The van der Waals surface area contributed by atoms with Gasteiger partial charge in [-0.1, -0.05) is 53.5 Å². The highest BCUT2D eigenvalue weighted by Crippen LogP contribution is 2.28. The molecule has 0 saturated carbocycles. The second kappa shape index (κ2) is 14.6. The highest BCUT2D eigenvalue weighted by Gasteiger charge is 2.23. The molecule has 208 valence electrons. The Kier molecular flexibility index (Phi) is 10.4. The number of ether oxygens (including phenoxy) is 4. The maximum atomic E-state index is 12.9. The Balaban J connectivity index is 1.41. The van der Waals surface area contributed by atoms with Gasteiger partial charge in [0.25, 0.3) is 0 Å². The number of benzene rings is 4. The molecule has 0 aliphatic carbocycles. The molecule has 8 nitrogen and oxygen atoms in total. The molecule has 4 rings (SSSR count). The minimum absolute atomic E-state index is 0.226. The van der Waals surface area contributed by atoms with Crippen molar-refractivity contribution in [3.63, 3.8) is 0 Å². The lowest BCUT2D eigenvalue weighted by molar-refractivity contribution is -0.140. The Bertz CT molecular complexity index is 1480. The molecule has 0 heterocycles. The van der Waals surface area contributed by atoms with Crippen LogP contribution in [0.3, 0.4) is 0 Å². The standard InChI is InChI=1S/C31H24Cl2N2O6/c1-38-28-19-22(7-17-27(28)41-29(36)18-8-21-5-3-2-4-6-21)20-34-35-30(37)31(39-25-13-9-23(32)10-14-25)40-26-15-11-24(33)12-16-26/h2-20,31H,1H3,(H,35,37)/b18-8+,34-20-. The van der Waals surface area contributed by atoms with Gasteiger partial charge in [-0.3, -0.25) is 4.79 Å². The Hall–Kier alpha value is -4.79. The van der Waals surface area contributed by atoms with E-state index in [0.29, 0.717) is 32.9 Å². The van der Waals surface area contributed by atoms with Gasteiger partial charge in [0.05, 0.1) is 13.3 Å². The predicted octanol–water partition coefficient (Wildman–Crippen LogP) is 6.56. The zero-order chi connectivity index (χ0) is 29.0. The van der Waals surface area contributed by atoms with E-state index in [9.17, 15) is 9.59 Å². The number of hydrazone groups is 1. The molecular formula is C31H24Cl2N2O6. The smallest absolute Gasteiger partial charge is 0.336 e. The molecule has 0 saturated heterocycles. The third kappa shape index (κ3) is 9.13. The number of nitrogens with zero attached hydrogens (tertiary/aromatic N) is 1. The Labute approximate surface area is 246 Å². The summed E-state index contributed by atoms with van der Waals surface area (Å²) in [6.45, 7) is 0. The van der Waals surface area contributed by atoms with Crippen LogP contribution in [-0.2, 0) is 9.59 Å². The lowest BCUT2D eigenvalue weighted by atomic mass is 10.2. The highest BCUT2D eigenvalue weighted by atomic mass is 35.5. The van der Waals surface area contributed by atoms with Crippen LogP contribution >= 0.6 is 23.2 Å². The van der Waals surface area contributed by atoms with E-state index in [-0.39, 0.29) is 5.75 Å². The molecule has 41 heavy (non-hydrogen) atoms. The number of rotatable bonds is 11. The van der Waals surface area contributed by atoms with Crippen molar-refractivity contribution in [1.29, 1.82) is 0 Å². The van der Waals surface area contributed by atoms with Gasteiger partial charge >= 0.3 is 18.2 Å². The van der Waals surface area contributed by atoms with Crippen LogP contribution < -0.4 is 24.4 Å². The van der Waals surface area contributed by atoms with Crippen LogP contribution in [0.1, 0.15) is 11.1 Å². The first-order valence-corrected chi connectivity index (χ1v) is 13.0. The van der Waals surface area contributed by atoms with E-state index in [2.05, 4.69) is 10.5 Å². The molecule has 4 aromatic carbocycles. The van der Waals surface area contributed by atoms with Gasteiger partial charge in [0.1, 0.15) is 11.5 Å². The fourth-order valence-electron chi connectivity index (χ4n) is 3.35. The van der Waals surface area contributed by atoms with Crippen LogP contribution in [0.4, 0.5) is 0 Å². The van der Waals surface area contributed by atoms with Crippen LogP contribution in [0.15, 0.2) is 108 Å². The first-order valence-electron chi connectivity index (χ1n) is 12.2. The summed E-state index contributed by atoms with van der Waals surface area (Å²) in [7, 11) is 1.45. The molecule has 0 radical (unpaired) electrons. The number of amides is 1. The Morgan fingerprint density at radius 1 is 0.780 bits per heavy atom. The lowest BCUT2D eigenvalue weighted by Gasteiger charge is -2.19. The van der Waals surface area contributed by atoms with Gasteiger partial charge in [-0.05, 0) is 83.9 Å². The van der Waals surface area contributed by atoms with Crippen LogP contribution in [0, 0.1) is 0 Å². The van der Waals surface area contributed by atoms with Gasteiger partial charge in [0, 0.05) is 16.1 Å². The molecule has 0 aliphatic rings. The van der Waals surface area contributed by atoms with Gasteiger partial charge in [0.2, 0.25) is 0 Å². The molecule has 0 aliphatic heterocycles. The molecule has 1 amide bonds. The van der Waals surface area contributed by atoms with Crippen molar-refractivity contribution in [3.8, 4) is 23.0 Å². The number of carbonyl (C=O) groups excluding carboxylic acids is 2. The fourth-order valence-corrected chi connectivity index (χ4v) is 3.60. The van der Waals surface area contributed by atoms with E-state index in [0.717, 1.165) is 5.56 Å². The number of esters is 1. The summed E-state index contributed by atoms with van der Waals surface area (Å²) >= 11 is 11.9. The summed E-state index contributed by atoms with van der Waals surface area (Å²) < 4.78 is 22.2. The van der Waals surface area contributed by atoms with Crippen molar-refractivity contribution in [1.82, 2.24) is 5.43 Å². The number of methoxy groups -OCH3 is 1. The van der Waals surface area contributed by atoms with Crippen LogP contribution in [0.25, 0.3) is 6.08 Å².